The number of benzene rings is 2. The number of carboxylic acids is 1. The number of halogens is 1. The zero-order chi connectivity index (χ0) is 17.1. The number of aliphatic carboxylic acids is 1. The van der Waals surface area contributed by atoms with Crippen LogP contribution in [0.15, 0.2) is 48.5 Å². The molecule has 1 aliphatic heterocycles. The first-order valence-electron chi connectivity index (χ1n) is 7.58. The first kappa shape index (κ1) is 16.0. The van der Waals surface area contributed by atoms with Crippen LogP contribution < -0.4 is 4.74 Å². The molecule has 2 aromatic rings. The van der Waals surface area contributed by atoms with Crippen LogP contribution >= 0.6 is 0 Å². The van der Waals surface area contributed by atoms with Crippen molar-refractivity contribution in [1.29, 1.82) is 0 Å². The number of likely N-dealkylation sites (tertiary alicyclic amines) is 1. The molecular weight excluding hydrogens is 313 g/mol. The van der Waals surface area contributed by atoms with Crippen molar-refractivity contribution in [2.75, 3.05) is 13.1 Å². The molecule has 6 heteroatoms. The number of carboxylic acid groups (broad SMARTS) is 1. The van der Waals surface area contributed by atoms with E-state index in [9.17, 15) is 14.0 Å². The summed E-state index contributed by atoms with van der Waals surface area (Å²) in [5.74, 6) is -1.09. The maximum Gasteiger partial charge on any atom is 0.308 e. The van der Waals surface area contributed by atoms with Gasteiger partial charge in [-0.2, -0.15) is 0 Å². The fourth-order valence-corrected chi connectivity index (χ4v) is 2.66. The smallest absolute Gasteiger partial charge is 0.308 e. The summed E-state index contributed by atoms with van der Waals surface area (Å²) in [6.07, 6.45) is 0.474. The molecule has 0 spiro atoms. The summed E-state index contributed by atoms with van der Waals surface area (Å²) >= 11 is 0. The summed E-state index contributed by atoms with van der Waals surface area (Å²) in [5, 5.41) is 9.00. The maximum atomic E-state index is 13.1. The van der Waals surface area contributed by atoms with Crippen molar-refractivity contribution in [3.05, 3.63) is 59.9 Å². The van der Waals surface area contributed by atoms with E-state index in [1.165, 1.54) is 12.1 Å². The van der Waals surface area contributed by atoms with E-state index in [4.69, 9.17) is 9.84 Å². The number of amides is 1. The lowest BCUT2D eigenvalue weighted by molar-refractivity contribution is -0.141. The Labute approximate surface area is 138 Å². The number of rotatable bonds is 4. The summed E-state index contributed by atoms with van der Waals surface area (Å²) in [4.78, 5) is 24.9. The third kappa shape index (κ3) is 3.53. The van der Waals surface area contributed by atoms with Crippen LogP contribution in [-0.2, 0) is 4.79 Å². The predicted octanol–water partition coefficient (Wildman–Crippen LogP) is 3.16. The van der Waals surface area contributed by atoms with Crippen LogP contribution in [0, 0.1) is 11.7 Å². The standard InChI is InChI=1S/C18H16FNO4/c19-14-2-1-3-16(10-14)24-15-6-4-12(5-7-15)17(21)20-9-8-13(11-20)18(22)23/h1-7,10,13H,8-9,11H2,(H,22,23)/t13-/m1/s1. The van der Waals surface area contributed by atoms with Crippen molar-refractivity contribution in [3.8, 4) is 11.5 Å². The Balaban J connectivity index is 1.66. The molecule has 0 bridgehead atoms. The van der Waals surface area contributed by atoms with E-state index in [0.717, 1.165) is 0 Å². The molecular formula is C18H16FNO4. The SMILES string of the molecule is O=C(O)[C@@H]1CCN(C(=O)c2ccc(Oc3cccc(F)c3)cc2)C1. The molecule has 0 radical (unpaired) electrons. The lowest BCUT2D eigenvalue weighted by atomic mass is 10.1. The molecule has 0 aliphatic carbocycles. The van der Waals surface area contributed by atoms with Gasteiger partial charge in [-0.1, -0.05) is 6.07 Å². The van der Waals surface area contributed by atoms with Crippen molar-refractivity contribution in [2.45, 2.75) is 6.42 Å². The van der Waals surface area contributed by atoms with Gasteiger partial charge in [0.1, 0.15) is 17.3 Å². The largest absolute Gasteiger partial charge is 0.481 e. The highest BCUT2D eigenvalue weighted by atomic mass is 19.1. The number of carbonyl (C=O) groups is 2. The Morgan fingerprint density at radius 2 is 1.88 bits per heavy atom. The summed E-state index contributed by atoms with van der Waals surface area (Å²) in [6.45, 7) is 0.674. The molecule has 1 saturated heterocycles. The first-order chi connectivity index (χ1) is 11.5. The zero-order valence-electron chi connectivity index (χ0n) is 12.8. The third-order valence-electron chi connectivity index (χ3n) is 3.96. The van der Waals surface area contributed by atoms with Crippen LogP contribution in [0.5, 0.6) is 11.5 Å². The van der Waals surface area contributed by atoms with Gasteiger partial charge >= 0.3 is 5.97 Å². The molecule has 0 aromatic heterocycles. The molecule has 3 rings (SSSR count). The minimum absolute atomic E-state index is 0.198. The lowest BCUT2D eigenvalue weighted by Crippen LogP contribution is -2.29. The molecule has 0 saturated carbocycles. The van der Waals surface area contributed by atoms with Gasteiger partial charge in [-0.05, 0) is 42.8 Å². The Bertz CT molecular complexity index is 760. The van der Waals surface area contributed by atoms with Crippen LogP contribution in [0.25, 0.3) is 0 Å². The third-order valence-corrected chi connectivity index (χ3v) is 3.96. The number of nitrogens with zero attached hydrogens (tertiary/aromatic N) is 1. The van der Waals surface area contributed by atoms with E-state index in [-0.39, 0.29) is 18.3 Å². The van der Waals surface area contributed by atoms with Crippen molar-refractivity contribution in [3.63, 3.8) is 0 Å². The van der Waals surface area contributed by atoms with Crippen LogP contribution in [-0.4, -0.2) is 35.0 Å². The molecule has 124 valence electrons. The number of ether oxygens (including phenoxy) is 1. The van der Waals surface area contributed by atoms with Gasteiger partial charge in [0.05, 0.1) is 5.92 Å². The van der Waals surface area contributed by atoms with Gasteiger partial charge < -0.3 is 14.7 Å². The van der Waals surface area contributed by atoms with E-state index >= 15 is 0 Å². The second-order valence-corrected chi connectivity index (χ2v) is 5.66. The molecule has 1 amide bonds. The Morgan fingerprint density at radius 3 is 2.50 bits per heavy atom. The van der Waals surface area contributed by atoms with Crippen molar-refractivity contribution < 1.29 is 23.8 Å². The average molecular weight is 329 g/mol. The minimum atomic E-state index is -0.871. The Kier molecular flexibility index (Phi) is 4.46. The fourth-order valence-electron chi connectivity index (χ4n) is 2.66. The van der Waals surface area contributed by atoms with E-state index in [1.54, 1.807) is 41.3 Å². The summed E-state index contributed by atoms with van der Waals surface area (Å²) in [5.41, 5.74) is 0.465. The maximum absolute atomic E-state index is 13.1. The van der Waals surface area contributed by atoms with Gasteiger partial charge in [0, 0.05) is 24.7 Å². The topological polar surface area (TPSA) is 66.8 Å². The predicted molar refractivity (Wildman–Crippen MR) is 84.6 cm³/mol. The van der Waals surface area contributed by atoms with Crippen molar-refractivity contribution in [1.82, 2.24) is 4.90 Å². The van der Waals surface area contributed by atoms with Crippen LogP contribution in [0.1, 0.15) is 16.8 Å². The first-order valence-corrected chi connectivity index (χ1v) is 7.58. The molecule has 1 fully saturated rings. The van der Waals surface area contributed by atoms with Crippen LogP contribution in [0.3, 0.4) is 0 Å². The van der Waals surface area contributed by atoms with Gasteiger partial charge in [-0.25, -0.2) is 4.39 Å². The average Bonchev–Trinajstić information content (AvgIpc) is 3.05. The highest BCUT2D eigenvalue weighted by molar-refractivity contribution is 5.95. The zero-order valence-corrected chi connectivity index (χ0v) is 12.8. The molecule has 1 atom stereocenters. The van der Waals surface area contributed by atoms with Crippen LogP contribution in [0.2, 0.25) is 0 Å². The molecule has 1 aliphatic rings. The normalized spacial score (nSPS) is 16.9. The summed E-state index contributed by atoms with van der Waals surface area (Å²) in [7, 11) is 0. The van der Waals surface area contributed by atoms with Gasteiger partial charge in [-0.3, -0.25) is 9.59 Å². The Morgan fingerprint density at radius 1 is 1.12 bits per heavy atom. The fraction of sp³-hybridized carbons (Fsp3) is 0.222. The molecule has 5 nitrogen and oxygen atoms in total. The molecule has 0 unspecified atom stereocenters. The number of hydrogen-bond acceptors (Lipinski definition) is 3. The van der Waals surface area contributed by atoms with Gasteiger partial charge in [0.25, 0.3) is 5.91 Å². The van der Waals surface area contributed by atoms with E-state index in [2.05, 4.69) is 0 Å². The Hall–Kier alpha value is -2.89. The molecule has 24 heavy (non-hydrogen) atoms. The highest BCUT2D eigenvalue weighted by Gasteiger charge is 2.31. The second-order valence-electron chi connectivity index (χ2n) is 5.66. The van der Waals surface area contributed by atoms with Gasteiger partial charge in [-0.15, -0.1) is 0 Å². The van der Waals surface area contributed by atoms with Gasteiger partial charge in [0.15, 0.2) is 0 Å². The minimum Gasteiger partial charge on any atom is -0.481 e. The van der Waals surface area contributed by atoms with E-state index in [0.29, 0.717) is 30.0 Å². The summed E-state index contributed by atoms with van der Waals surface area (Å²) in [6, 6.07) is 12.3. The highest BCUT2D eigenvalue weighted by Crippen LogP contribution is 2.24. The van der Waals surface area contributed by atoms with Crippen LogP contribution in [0.4, 0.5) is 4.39 Å². The lowest BCUT2D eigenvalue weighted by Gasteiger charge is -2.16. The van der Waals surface area contributed by atoms with E-state index < -0.39 is 11.9 Å². The number of carbonyl (C=O) groups excluding carboxylic acids is 1. The quantitative estimate of drug-likeness (QED) is 0.935. The summed E-state index contributed by atoms with van der Waals surface area (Å²) < 4.78 is 18.7. The van der Waals surface area contributed by atoms with E-state index in [1.807, 2.05) is 0 Å². The number of hydrogen-bond donors (Lipinski definition) is 1. The molecule has 2 aromatic carbocycles. The van der Waals surface area contributed by atoms with Crippen molar-refractivity contribution in [2.24, 2.45) is 5.92 Å². The second kappa shape index (κ2) is 6.70. The monoisotopic (exact) mass is 329 g/mol. The molecule has 1 N–H and O–H groups in total. The molecule has 1 heterocycles. The van der Waals surface area contributed by atoms with Crippen molar-refractivity contribution >= 4 is 11.9 Å². The van der Waals surface area contributed by atoms with Gasteiger partial charge in [0.2, 0.25) is 0 Å².